The summed E-state index contributed by atoms with van der Waals surface area (Å²) in [6.45, 7) is 1.74. The maximum Gasteiger partial charge on any atom is 0.130 e. The van der Waals surface area contributed by atoms with Crippen molar-refractivity contribution in [3.63, 3.8) is 0 Å². The summed E-state index contributed by atoms with van der Waals surface area (Å²) in [7, 11) is 0. The zero-order valence-electron chi connectivity index (χ0n) is 8.18. The van der Waals surface area contributed by atoms with Gasteiger partial charge in [0.2, 0.25) is 0 Å². The Kier molecular flexibility index (Phi) is 2.03. The van der Waals surface area contributed by atoms with Gasteiger partial charge in [-0.15, -0.1) is 0 Å². The molecule has 72 valence electrons. The summed E-state index contributed by atoms with van der Waals surface area (Å²) in [4.78, 5) is 0. The van der Waals surface area contributed by atoms with Gasteiger partial charge in [0.15, 0.2) is 0 Å². The normalized spacial score (nSPS) is 18.4. The maximum absolute atomic E-state index is 13.8. The number of halogens is 1. The molecule has 1 aromatic rings. The van der Waals surface area contributed by atoms with Crippen LogP contribution in [0.15, 0.2) is 18.2 Å². The fraction of sp³-hybridized carbons (Fsp3) is 0.417. The third-order valence-electron chi connectivity index (χ3n) is 3.13. The van der Waals surface area contributed by atoms with Crippen LogP contribution in [0.5, 0.6) is 0 Å². The van der Waals surface area contributed by atoms with Crippen LogP contribution in [0, 0.1) is 24.1 Å². The topological polar surface area (TPSA) is 23.8 Å². The van der Waals surface area contributed by atoms with Gasteiger partial charge in [0, 0.05) is 5.56 Å². The largest absolute Gasteiger partial charge is 0.206 e. The van der Waals surface area contributed by atoms with Crippen LogP contribution in [0.3, 0.4) is 0 Å². The van der Waals surface area contributed by atoms with Crippen molar-refractivity contribution < 1.29 is 4.39 Å². The highest BCUT2D eigenvalue weighted by atomic mass is 19.1. The Morgan fingerprint density at radius 2 is 2.14 bits per heavy atom. The second-order valence-electron chi connectivity index (χ2n) is 3.98. The number of nitriles is 1. The van der Waals surface area contributed by atoms with Crippen LogP contribution in [0.1, 0.15) is 30.4 Å². The lowest BCUT2D eigenvalue weighted by atomic mass is 9.65. The number of hydrogen-bond acceptors (Lipinski definition) is 1. The Morgan fingerprint density at radius 3 is 2.64 bits per heavy atom. The Hall–Kier alpha value is -1.36. The summed E-state index contributed by atoms with van der Waals surface area (Å²) >= 11 is 0. The Balaban J connectivity index is 2.51. The van der Waals surface area contributed by atoms with E-state index in [-0.39, 0.29) is 5.82 Å². The van der Waals surface area contributed by atoms with Gasteiger partial charge < -0.3 is 0 Å². The summed E-state index contributed by atoms with van der Waals surface area (Å²) < 4.78 is 13.8. The van der Waals surface area contributed by atoms with Gasteiger partial charge in [0.05, 0.1) is 11.5 Å². The first kappa shape index (κ1) is 9.21. The summed E-state index contributed by atoms with van der Waals surface area (Å²) in [5.74, 6) is -0.200. The van der Waals surface area contributed by atoms with E-state index < -0.39 is 5.41 Å². The average molecular weight is 189 g/mol. The molecule has 14 heavy (non-hydrogen) atoms. The predicted octanol–water partition coefficient (Wildman–Crippen LogP) is 3.08. The smallest absolute Gasteiger partial charge is 0.130 e. The Morgan fingerprint density at radius 1 is 1.43 bits per heavy atom. The first-order valence-corrected chi connectivity index (χ1v) is 4.86. The first-order chi connectivity index (χ1) is 6.69. The molecule has 0 unspecified atom stereocenters. The second-order valence-corrected chi connectivity index (χ2v) is 3.98. The minimum absolute atomic E-state index is 0.200. The zero-order chi connectivity index (χ0) is 10.2. The van der Waals surface area contributed by atoms with Crippen LogP contribution in [0.2, 0.25) is 0 Å². The van der Waals surface area contributed by atoms with E-state index in [9.17, 15) is 4.39 Å². The van der Waals surface area contributed by atoms with Crippen molar-refractivity contribution in [2.45, 2.75) is 31.6 Å². The minimum atomic E-state index is -0.532. The summed E-state index contributed by atoms with van der Waals surface area (Å²) in [5, 5.41) is 9.09. The van der Waals surface area contributed by atoms with Crippen LogP contribution in [-0.2, 0) is 5.41 Å². The fourth-order valence-corrected chi connectivity index (χ4v) is 1.99. The first-order valence-electron chi connectivity index (χ1n) is 4.86. The van der Waals surface area contributed by atoms with Crippen molar-refractivity contribution in [1.29, 1.82) is 5.26 Å². The van der Waals surface area contributed by atoms with Crippen LogP contribution in [0.4, 0.5) is 4.39 Å². The molecule has 1 saturated carbocycles. The van der Waals surface area contributed by atoms with Crippen LogP contribution < -0.4 is 0 Å². The zero-order valence-corrected chi connectivity index (χ0v) is 8.18. The van der Waals surface area contributed by atoms with Gasteiger partial charge in [-0.2, -0.15) is 5.26 Å². The molecule has 2 rings (SSSR count). The third-order valence-corrected chi connectivity index (χ3v) is 3.13. The SMILES string of the molecule is Cc1cccc(C2(C#N)CCC2)c1F. The molecule has 0 saturated heterocycles. The number of benzene rings is 1. The van der Waals surface area contributed by atoms with Gasteiger partial charge in [-0.1, -0.05) is 18.2 Å². The number of aryl methyl sites for hydroxylation is 1. The molecular formula is C12H12FN. The lowest BCUT2D eigenvalue weighted by Gasteiger charge is -2.36. The highest BCUT2D eigenvalue weighted by Crippen LogP contribution is 2.44. The van der Waals surface area contributed by atoms with Gasteiger partial charge in [-0.05, 0) is 31.7 Å². The van der Waals surface area contributed by atoms with Gasteiger partial charge in [-0.25, -0.2) is 4.39 Å². The van der Waals surface area contributed by atoms with E-state index >= 15 is 0 Å². The maximum atomic E-state index is 13.8. The Labute approximate surface area is 83.2 Å². The molecule has 1 aromatic carbocycles. The van der Waals surface area contributed by atoms with E-state index in [1.165, 1.54) is 0 Å². The van der Waals surface area contributed by atoms with Gasteiger partial charge in [-0.3, -0.25) is 0 Å². The Bertz CT molecular complexity index is 399. The van der Waals surface area contributed by atoms with Gasteiger partial charge >= 0.3 is 0 Å². The second kappa shape index (κ2) is 3.09. The molecule has 0 spiro atoms. The van der Waals surface area contributed by atoms with E-state index in [4.69, 9.17) is 5.26 Å². The molecule has 0 radical (unpaired) electrons. The van der Waals surface area contributed by atoms with Crippen molar-refractivity contribution in [2.24, 2.45) is 0 Å². The molecule has 0 aliphatic heterocycles. The molecule has 1 fully saturated rings. The van der Waals surface area contributed by atoms with E-state index in [0.717, 1.165) is 19.3 Å². The van der Waals surface area contributed by atoms with Crippen molar-refractivity contribution in [1.82, 2.24) is 0 Å². The number of nitrogens with zero attached hydrogens (tertiary/aromatic N) is 1. The molecule has 1 aliphatic rings. The molecule has 0 aromatic heterocycles. The standard InChI is InChI=1S/C12H12FN/c1-9-4-2-5-10(11(9)13)12(8-14)6-3-7-12/h2,4-5H,3,6-7H2,1H3. The highest BCUT2D eigenvalue weighted by molar-refractivity contribution is 5.38. The van der Waals surface area contributed by atoms with Gasteiger partial charge in [0.1, 0.15) is 5.82 Å². The molecule has 0 N–H and O–H groups in total. The molecule has 1 nitrogen and oxygen atoms in total. The fourth-order valence-electron chi connectivity index (χ4n) is 1.99. The molecule has 0 amide bonds. The lowest BCUT2D eigenvalue weighted by molar-refractivity contribution is 0.312. The van der Waals surface area contributed by atoms with Crippen LogP contribution >= 0.6 is 0 Å². The minimum Gasteiger partial charge on any atom is -0.206 e. The monoisotopic (exact) mass is 189 g/mol. The number of rotatable bonds is 1. The van der Waals surface area contributed by atoms with E-state index in [2.05, 4.69) is 6.07 Å². The van der Waals surface area contributed by atoms with Gasteiger partial charge in [0.25, 0.3) is 0 Å². The molecule has 2 heteroatoms. The van der Waals surface area contributed by atoms with Crippen LogP contribution in [0.25, 0.3) is 0 Å². The van der Waals surface area contributed by atoms with E-state index in [1.54, 1.807) is 19.1 Å². The summed E-state index contributed by atoms with van der Waals surface area (Å²) in [6.07, 6.45) is 2.62. The molecule has 0 heterocycles. The van der Waals surface area contributed by atoms with E-state index in [0.29, 0.717) is 11.1 Å². The van der Waals surface area contributed by atoms with E-state index in [1.807, 2.05) is 6.07 Å². The van der Waals surface area contributed by atoms with Crippen molar-refractivity contribution in [3.05, 3.63) is 35.1 Å². The molecule has 1 aliphatic carbocycles. The number of hydrogen-bond donors (Lipinski definition) is 0. The highest BCUT2D eigenvalue weighted by Gasteiger charge is 2.41. The lowest BCUT2D eigenvalue weighted by Crippen LogP contribution is -2.33. The quantitative estimate of drug-likeness (QED) is 0.666. The summed E-state index contributed by atoms with van der Waals surface area (Å²) in [5.41, 5.74) is 0.686. The predicted molar refractivity (Wildman–Crippen MR) is 52.3 cm³/mol. The molecular weight excluding hydrogens is 177 g/mol. The molecule has 0 atom stereocenters. The van der Waals surface area contributed by atoms with Crippen LogP contribution in [-0.4, -0.2) is 0 Å². The summed E-state index contributed by atoms with van der Waals surface area (Å²) in [6, 6.07) is 7.56. The third kappa shape index (κ3) is 1.13. The molecule has 0 bridgehead atoms. The van der Waals surface area contributed by atoms with Crippen molar-refractivity contribution >= 4 is 0 Å². The van der Waals surface area contributed by atoms with Crippen molar-refractivity contribution in [3.8, 4) is 6.07 Å². The average Bonchev–Trinajstić information content (AvgIpc) is 2.11. The van der Waals surface area contributed by atoms with Crippen molar-refractivity contribution in [2.75, 3.05) is 0 Å².